The summed E-state index contributed by atoms with van der Waals surface area (Å²) in [7, 11) is 0. The molecule has 1 amide bonds. The lowest BCUT2D eigenvalue weighted by atomic mass is 9.65. The number of benzene rings is 1. The van der Waals surface area contributed by atoms with E-state index in [9.17, 15) is 4.79 Å². The Morgan fingerprint density at radius 2 is 1.81 bits per heavy atom. The lowest BCUT2D eigenvalue weighted by Crippen LogP contribution is -2.35. The van der Waals surface area contributed by atoms with Crippen LogP contribution >= 0.6 is 0 Å². The van der Waals surface area contributed by atoms with E-state index in [2.05, 4.69) is 11.9 Å². The van der Waals surface area contributed by atoms with E-state index < -0.39 is 0 Å². The molecule has 2 aliphatic rings. The van der Waals surface area contributed by atoms with E-state index in [1.54, 1.807) is 6.08 Å². The van der Waals surface area contributed by atoms with Crippen LogP contribution in [0.2, 0.25) is 0 Å². The largest absolute Gasteiger partial charge is 0.353 e. The molecule has 0 aromatic heterocycles. The average Bonchev–Trinajstić information content (AvgIpc) is 2.70. The predicted octanol–water partition coefficient (Wildman–Crippen LogP) is 6.19. The molecule has 2 saturated carbocycles. The first-order valence-corrected chi connectivity index (χ1v) is 10.7. The summed E-state index contributed by atoms with van der Waals surface area (Å²) in [6.45, 7) is 12.1. The molecule has 1 aromatic carbocycles. The molecule has 2 unspecified atom stereocenters. The molecular weight excluding hydrogens is 332 g/mol. The predicted molar refractivity (Wildman–Crippen MR) is 118 cm³/mol. The molecule has 0 aliphatic heterocycles. The molecule has 0 saturated heterocycles. The molecule has 27 heavy (non-hydrogen) atoms. The summed E-state index contributed by atoms with van der Waals surface area (Å²) in [5.74, 6) is 1.75. The Hall–Kier alpha value is -1.90. The third-order valence-electron chi connectivity index (χ3n) is 4.81. The van der Waals surface area contributed by atoms with Gasteiger partial charge in [-0.2, -0.15) is 0 Å². The van der Waals surface area contributed by atoms with E-state index in [4.69, 9.17) is 5.41 Å². The maximum absolute atomic E-state index is 11.2. The second-order valence-electron chi connectivity index (χ2n) is 6.44. The average molecular weight is 373 g/mol. The van der Waals surface area contributed by atoms with Crippen molar-refractivity contribution in [1.82, 2.24) is 5.32 Å². The van der Waals surface area contributed by atoms with Crippen molar-refractivity contribution in [3.05, 3.63) is 48.6 Å². The number of nitrogens with one attached hydrogen (secondary N) is 2. The van der Waals surface area contributed by atoms with Gasteiger partial charge in [0.2, 0.25) is 5.91 Å². The number of hydrogen-bond acceptors (Lipinski definition) is 2. The van der Waals surface area contributed by atoms with Gasteiger partial charge in [0, 0.05) is 18.7 Å². The normalized spacial score (nSPS) is 19.2. The SMILES string of the molecule is C=CCNC(=O)CCc1ccccc1.CC.CC.N=C1CCCC2CCC12. The van der Waals surface area contributed by atoms with Gasteiger partial charge in [-0.25, -0.2) is 0 Å². The van der Waals surface area contributed by atoms with Gasteiger partial charge < -0.3 is 10.7 Å². The number of carbonyl (C=O) groups excluding carboxylic acids is 1. The molecule has 0 heterocycles. The van der Waals surface area contributed by atoms with Gasteiger partial charge in [-0.05, 0) is 55.9 Å². The van der Waals surface area contributed by atoms with Gasteiger partial charge in [0.1, 0.15) is 0 Å². The van der Waals surface area contributed by atoms with E-state index in [0.29, 0.717) is 13.0 Å². The highest BCUT2D eigenvalue weighted by molar-refractivity contribution is 5.85. The first-order valence-electron chi connectivity index (χ1n) is 10.7. The number of hydrogen-bond donors (Lipinski definition) is 2. The summed E-state index contributed by atoms with van der Waals surface area (Å²) < 4.78 is 0. The maximum atomic E-state index is 11.2. The van der Waals surface area contributed by atoms with Crippen molar-refractivity contribution in [2.24, 2.45) is 11.8 Å². The van der Waals surface area contributed by atoms with Gasteiger partial charge in [0.05, 0.1) is 0 Å². The molecule has 1 aromatic rings. The summed E-state index contributed by atoms with van der Waals surface area (Å²) in [5.41, 5.74) is 2.25. The fourth-order valence-electron chi connectivity index (χ4n) is 3.29. The minimum atomic E-state index is 0.0775. The number of aryl methyl sites for hydroxylation is 1. The van der Waals surface area contributed by atoms with Crippen molar-refractivity contribution in [3.8, 4) is 0 Å². The summed E-state index contributed by atoms with van der Waals surface area (Å²) in [6, 6.07) is 10.00. The van der Waals surface area contributed by atoms with Crippen LogP contribution in [-0.4, -0.2) is 18.2 Å². The molecule has 2 atom stereocenters. The second kappa shape index (κ2) is 16.3. The summed E-state index contributed by atoms with van der Waals surface area (Å²) in [5, 5.41) is 10.3. The van der Waals surface area contributed by atoms with E-state index in [-0.39, 0.29) is 5.91 Å². The topological polar surface area (TPSA) is 53.0 Å². The lowest BCUT2D eigenvalue weighted by molar-refractivity contribution is -0.120. The fraction of sp³-hybridized carbons (Fsp3) is 0.583. The van der Waals surface area contributed by atoms with E-state index in [1.807, 2.05) is 58.0 Å². The van der Waals surface area contributed by atoms with Gasteiger partial charge in [0.15, 0.2) is 0 Å². The first kappa shape index (κ1) is 25.1. The van der Waals surface area contributed by atoms with Gasteiger partial charge in [-0.1, -0.05) is 64.1 Å². The number of amides is 1. The molecule has 2 N–H and O–H groups in total. The van der Waals surface area contributed by atoms with Gasteiger partial charge in [0.25, 0.3) is 0 Å². The molecule has 3 rings (SSSR count). The van der Waals surface area contributed by atoms with Crippen molar-refractivity contribution in [1.29, 1.82) is 5.41 Å². The number of rotatable bonds is 5. The Bertz CT molecular complexity index is 524. The standard InChI is InChI=1S/C12H15NO.C8H13N.2C2H6/c1-2-10-13-12(14)9-8-11-6-4-3-5-7-11;9-8-3-1-2-6-4-5-7(6)8;2*1-2/h2-7H,1,8-10H2,(H,13,14);6-7,9H,1-5H2;2*1-2H3. The van der Waals surface area contributed by atoms with Crippen LogP contribution in [-0.2, 0) is 11.2 Å². The van der Waals surface area contributed by atoms with Crippen LogP contribution in [0.5, 0.6) is 0 Å². The molecule has 0 spiro atoms. The molecule has 0 radical (unpaired) electrons. The number of fused-ring (bicyclic) bond motifs is 1. The van der Waals surface area contributed by atoms with Gasteiger partial charge >= 0.3 is 0 Å². The molecule has 3 nitrogen and oxygen atoms in total. The monoisotopic (exact) mass is 372 g/mol. The second-order valence-corrected chi connectivity index (χ2v) is 6.44. The van der Waals surface area contributed by atoms with Gasteiger partial charge in [-0.15, -0.1) is 6.58 Å². The third-order valence-corrected chi connectivity index (χ3v) is 4.81. The Labute approximate surface area is 167 Å². The van der Waals surface area contributed by atoms with Crippen molar-refractivity contribution in [3.63, 3.8) is 0 Å². The molecule has 3 heteroatoms. The smallest absolute Gasteiger partial charge is 0.220 e. The molecule has 2 aliphatic carbocycles. The first-order chi connectivity index (χ1) is 13.2. The lowest BCUT2D eigenvalue weighted by Gasteiger charge is -2.40. The molecule has 152 valence electrons. The highest BCUT2D eigenvalue weighted by Gasteiger charge is 2.35. The van der Waals surface area contributed by atoms with E-state index in [1.165, 1.54) is 31.2 Å². The van der Waals surface area contributed by atoms with E-state index >= 15 is 0 Å². The minimum absolute atomic E-state index is 0.0775. The van der Waals surface area contributed by atoms with Crippen LogP contribution < -0.4 is 5.32 Å². The molecule has 0 bridgehead atoms. The Morgan fingerprint density at radius 3 is 2.30 bits per heavy atom. The van der Waals surface area contributed by atoms with Crippen molar-refractivity contribution in [2.75, 3.05) is 6.54 Å². The Balaban J connectivity index is 0.000000445. The Kier molecular flexibility index (Phi) is 15.1. The summed E-state index contributed by atoms with van der Waals surface area (Å²) >= 11 is 0. The van der Waals surface area contributed by atoms with Crippen molar-refractivity contribution < 1.29 is 4.79 Å². The van der Waals surface area contributed by atoms with Crippen molar-refractivity contribution in [2.45, 2.75) is 72.6 Å². The van der Waals surface area contributed by atoms with Crippen LogP contribution in [0, 0.1) is 17.2 Å². The highest BCUT2D eigenvalue weighted by Crippen LogP contribution is 2.42. The minimum Gasteiger partial charge on any atom is -0.353 e. The van der Waals surface area contributed by atoms with Crippen molar-refractivity contribution >= 4 is 11.6 Å². The van der Waals surface area contributed by atoms with Crippen LogP contribution in [0.4, 0.5) is 0 Å². The third kappa shape index (κ3) is 10.1. The maximum Gasteiger partial charge on any atom is 0.220 e. The van der Waals surface area contributed by atoms with Crippen LogP contribution in [0.15, 0.2) is 43.0 Å². The van der Waals surface area contributed by atoms with Gasteiger partial charge in [-0.3, -0.25) is 4.79 Å². The zero-order valence-corrected chi connectivity index (χ0v) is 17.9. The Morgan fingerprint density at radius 1 is 1.15 bits per heavy atom. The number of carbonyl (C=O) groups is 1. The zero-order valence-electron chi connectivity index (χ0n) is 17.9. The quantitative estimate of drug-likeness (QED) is 0.595. The van der Waals surface area contributed by atoms with Crippen LogP contribution in [0.3, 0.4) is 0 Å². The summed E-state index contributed by atoms with van der Waals surface area (Å²) in [4.78, 5) is 11.2. The highest BCUT2D eigenvalue weighted by atomic mass is 16.1. The fourth-order valence-corrected chi connectivity index (χ4v) is 3.29. The van der Waals surface area contributed by atoms with E-state index in [0.717, 1.165) is 30.4 Å². The zero-order chi connectivity index (χ0) is 20.5. The van der Waals surface area contributed by atoms with Crippen LogP contribution in [0.25, 0.3) is 0 Å². The van der Waals surface area contributed by atoms with Crippen LogP contribution in [0.1, 0.15) is 71.8 Å². The molecule has 2 fully saturated rings. The molecular formula is C24H40N2O. The summed E-state index contributed by atoms with van der Waals surface area (Å²) in [6.07, 6.45) is 9.55.